The van der Waals surface area contributed by atoms with E-state index in [0.717, 1.165) is 24.4 Å². The molecule has 106 valence electrons. The van der Waals surface area contributed by atoms with Gasteiger partial charge in [-0.1, -0.05) is 25.1 Å². The van der Waals surface area contributed by atoms with Crippen LogP contribution in [0.1, 0.15) is 25.3 Å². The molecule has 0 spiro atoms. The Morgan fingerprint density at radius 3 is 2.74 bits per heavy atom. The first-order valence-corrected chi connectivity index (χ1v) is 8.11. The number of hydrogen-bond donors (Lipinski definition) is 0. The van der Waals surface area contributed by atoms with Gasteiger partial charge >= 0.3 is 0 Å². The lowest BCUT2D eigenvalue weighted by Gasteiger charge is -2.26. The van der Waals surface area contributed by atoms with Crippen LogP contribution in [0.2, 0.25) is 0 Å². The highest BCUT2D eigenvalue weighted by Crippen LogP contribution is 2.23. The van der Waals surface area contributed by atoms with E-state index < -0.39 is 10.8 Å². The van der Waals surface area contributed by atoms with Gasteiger partial charge in [0.05, 0.1) is 0 Å². The number of benzene rings is 1. The van der Waals surface area contributed by atoms with Crippen molar-refractivity contribution in [3.05, 3.63) is 35.9 Å². The minimum atomic E-state index is -0.891. The van der Waals surface area contributed by atoms with Gasteiger partial charge in [-0.25, -0.2) is 0 Å². The largest absolute Gasteiger partial charge is 0.299 e. The lowest BCUT2D eigenvalue weighted by molar-refractivity contribution is 0.302. The highest BCUT2D eigenvalue weighted by molar-refractivity contribution is 7.84. The third-order valence-electron chi connectivity index (χ3n) is 3.37. The first-order chi connectivity index (χ1) is 8.70. The van der Waals surface area contributed by atoms with Crippen LogP contribution in [0.15, 0.2) is 35.2 Å². The van der Waals surface area contributed by atoms with Gasteiger partial charge < -0.3 is 0 Å². The van der Waals surface area contributed by atoms with Crippen LogP contribution in [-0.2, 0) is 10.8 Å². The van der Waals surface area contributed by atoms with Crippen molar-refractivity contribution in [1.82, 2.24) is 4.90 Å². The maximum atomic E-state index is 11.5. The smallest absolute Gasteiger partial charge is 0.0498 e. The molecule has 1 heterocycles. The Hall–Kier alpha value is -0.640. The first-order valence-electron chi connectivity index (χ1n) is 6.56. The summed E-state index contributed by atoms with van der Waals surface area (Å²) in [5, 5.41) is 0. The summed E-state index contributed by atoms with van der Waals surface area (Å²) in [4.78, 5) is 3.40. The predicted molar refractivity (Wildman–Crippen MR) is 85.3 cm³/mol. The molecule has 0 radical (unpaired) electrons. The lowest BCUT2D eigenvalue weighted by Crippen LogP contribution is -2.29. The summed E-state index contributed by atoms with van der Waals surface area (Å²) in [6, 6.07) is 8.13. The van der Waals surface area contributed by atoms with Crippen LogP contribution in [0.25, 0.3) is 5.57 Å². The van der Waals surface area contributed by atoms with Gasteiger partial charge in [-0.15, -0.1) is 12.4 Å². The Morgan fingerprint density at radius 2 is 2.16 bits per heavy atom. The molecule has 1 aliphatic rings. The zero-order chi connectivity index (χ0) is 13.0. The number of nitrogens with zero attached hydrogens (tertiary/aromatic N) is 1. The Kier molecular flexibility index (Phi) is 6.76. The molecule has 0 aromatic heterocycles. The molecule has 2 rings (SSSR count). The van der Waals surface area contributed by atoms with Crippen molar-refractivity contribution in [3.8, 4) is 0 Å². The summed E-state index contributed by atoms with van der Waals surface area (Å²) in [6.45, 7) is 5.59. The molecule has 2 nitrogen and oxygen atoms in total. The van der Waals surface area contributed by atoms with Crippen molar-refractivity contribution < 1.29 is 4.21 Å². The molecule has 19 heavy (non-hydrogen) atoms. The van der Waals surface area contributed by atoms with Gasteiger partial charge in [0.1, 0.15) is 0 Å². The highest BCUT2D eigenvalue weighted by Gasteiger charge is 2.12. The standard InChI is InChI=1S/C15H21NOS.ClH/c1-3-9-16-10-7-13(8-11-16)14-5-4-6-15(12-14)18(2)17;/h4-7,12H,3,8-11H2,1-2H3;1H. The average Bonchev–Trinajstić information content (AvgIpc) is 2.40. The van der Waals surface area contributed by atoms with Crippen molar-refractivity contribution in [2.24, 2.45) is 0 Å². The van der Waals surface area contributed by atoms with Crippen molar-refractivity contribution in [1.29, 1.82) is 0 Å². The highest BCUT2D eigenvalue weighted by atomic mass is 35.5. The summed E-state index contributed by atoms with van der Waals surface area (Å²) in [7, 11) is -0.891. The number of rotatable bonds is 4. The normalized spacial score (nSPS) is 17.5. The fourth-order valence-electron chi connectivity index (χ4n) is 2.37. The van der Waals surface area contributed by atoms with Crippen molar-refractivity contribution in [2.45, 2.75) is 24.7 Å². The van der Waals surface area contributed by atoms with Gasteiger partial charge in [0.15, 0.2) is 0 Å². The lowest BCUT2D eigenvalue weighted by atomic mass is 9.99. The maximum absolute atomic E-state index is 11.5. The second-order valence-corrected chi connectivity index (χ2v) is 6.14. The number of hydrogen-bond acceptors (Lipinski definition) is 2. The van der Waals surface area contributed by atoms with Gasteiger partial charge in [-0.05, 0) is 42.7 Å². The maximum Gasteiger partial charge on any atom is 0.0498 e. The minimum Gasteiger partial charge on any atom is -0.299 e. The van der Waals surface area contributed by atoms with E-state index in [2.05, 4.69) is 30.0 Å². The topological polar surface area (TPSA) is 20.3 Å². The van der Waals surface area contributed by atoms with E-state index in [0.29, 0.717) is 0 Å². The summed E-state index contributed by atoms with van der Waals surface area (Å²) >= 11 is 0. The molecular formula is C15H22ClNOS. The molecule has 4 heteroatoms. The summed E-state index contributed by atoms with van der Waals surface area (Å²) in [5.74, 6) is 0. The molecule has 1 unspecified atom stereocenters. The fraction of sp³-hybridized carbons (Fsp3) is 0.467. The van der Waals surface area contributed by atoms with Gasteiger partial charge in [0.25, 0.3) is 0 Å². The van der Waals surface area contributed by atoms with Crippen LogP contribution in [0.4, 0.5) is 0 Å². The van der Waals surface area contributed by atoms with Crippen LogP contribution >= 0.6 is 12.4 Å². The van der Waals surface area contributed by atoms with Gasteiger partial charge in [-0.2, -0.15) is 0 Å². The van der Waals surface area contributed by atoms with E-state index in [1.807, 2.05) is 12.1 Å². The van der Waals surface area contributed by atoms with E-state index in [9.17, 15) is 4.21 Å². The summed E-state index contributed by atoms with van der Waals surface area (Å²) in [6.07, 6.45) is 6.36. The molecule has 1 aromatic carbocycles. The zero-order valence-electron chi connectivity index (χ0n) is 11.6. The van der Waals surface area contributed by atoms with Gasteiger partial charge in [0, 0.05) is 35.0 Å². The molecule has 1 atom stereocenters. The fourth-order valence-corrected chi connectivity index (χ4v) is 2.93. The Labute approximate surface area is 124 Å². The molecule has 1 aliphatic heterocycles. The average molecular weight is 300 g/mol. The monoisotopic (exact) mass is 299 g/mol. The first kappa shape index (κ1) is 16.4. The van der Waals surface area contributed by atoms with Gasteiger partial charge in [0.2, 0.25) is 0 Å². The van der Waals surface area contributed by atoms with Crippen molar-refractivity contribution >= 4 is 28.8 Å². The predicted octanol–water partition coefficient (Wildman–Crippen LogP) is 3.34. The third-order valence-corrected chi connectivity index (χ3v) is 4.29. The van der Waals surface area contributed by atoms with Crippen LogP contribution < -0.4 is 0 Å². The molecular weight excluding hydrogens is 278 g/mol. The second kappa shape index (κ2) is 7.83. The van der Waals surface area contributed by atoms with E-state index in [1.54, 1.807) is 6.26 Å². The third kappa shape index (κ3) is 4.44. The van der Waals surface area contributed by atoms with E-state index in [4.69, 9.17) is 0 Å². The van der Waals surface area contributed by atoms with Crippen LogP contribution in [0.3, 0.4) is 0 Å². The van der Waals surface area contributed by atoms with Gasteiger partial charge in [-0.3, -0.25) is 9.11 Å². The molecule has 1 aromatic rings. The quantitative estimate of drug-likeness (QED) is 0.850. The Morgan fingerprint density at radius 1 is 1.37 bits per heavy atom. The minimum absolute atomic E-state index is 0. The van der Waals surface area contributed by atoms with Crippen LogP contribution in [0, 0.1) is 0 Å². The SMILES string of the molecule is CCCN1CC=C(c2cccc(S(C)=O)c2)CC1.Cl. The zero-order valence-corrected chi connectivity index (χ0v) is 13.2. The van der Waals surface area contributed by atoms with Crippen LogP contribution in [0.5, 0.6) is 0 Å². The van der Waals surface area contributed by atoms with E-state index >= 15 is 0 Å². The van der Waals surface area contributed by atoms with Crippen molar-refractivity contribution in [2.75, 3.05) is 25.9 Å². The van der Waals surface area contributed by atoms with Crippen LogP contribution in [-0.4, -0.2) is 35.0 Å². The molecule has 0 saturated carbocycles. The molecule has 0 N–H and O–H groups in total. The molecule has 0 aliphatic carbocycles. The number of halogens is 1. The molecule has 0 fully saturated rings. The Balaban J connectivity index is 0.00000180. The summed E-state index contributed by atoms with van der Waals surface area (Å²) < 4.78 is 11.5. The van der Waals surface area contributed by atoms with Crippen molar-refractivity contribution in [3.63, 3.8) is 0 Å². The Bertz CT molecular complexity index is 473. The molecule has 0 amide bonds. The van der Waals surface area contributed by atoms with E-state index in [1.165, 1.54) is 24.1 Å². The summed E-state index contributed by atoms with van der Waals surface area (Å²) in [5.41, 5.74) is 2.63. The molecule has 0 saturated heterocycles. The second-order valence-electron chi connectivity index (χ2n) is 4.76. The van der Waals surface area contributed by atoms with E-state index in [-0.39, 0.29) is 12.4 Å². The molecule has 0 bridgehead atoms.